The summed E-state index contributed by atoms with van der Waals surface area (Å²) in [5, 5.41) is 2.77. The van der Waals surface area contributed by atoms with Crippen LogP contribution in [0, 0.1) is 13.8 Å². The second-order valence-electron chi connectivity index (χ2n) is 5.42. The number of nitrogens with zero attached hydrogens (tertiary/aromatic N) is 1. The standard InChI is InChI=1S/C15H19N3O5S4/c1-8-7-12(25-11(8)5-6-23-10(3)19)27(21,22)18-14(20)17-15-16-9(2)13(24-4)26-15/h7H,5-6H2,1-4H3,(H2,16,17,18,20). The number of esters is 1. The number of anilines is 1. The van der Waals surface area contributed by atoms with Gasteiger partial charge in [-0.25, -0.2) is 22.9 Å². The van der Waals surface area contributed by atoms with Crippen molar-refractivity contribution >= 4 is 61.6 Å². The van der Waals surface area contributed by atoms with E-state index in [4.69, 9.17) is 4.74 Å². The molecule has 2 rings (SSSR count). The molecular weight excluding hydrogens is 430 g/mol. The number of nitrogens with one attached hydrogen (secondary N) is 2. The number of thiophene rings is 1. The van der Waals surface area contributed by atoms with E-state index in [2.05, 4.69) is 10.3 Å². The normalized spacial score (nSPS) is 11.3. The molecule has 2 aromatic rings. The third-order valence-corrected chi connectivity index (χ3v) is 8.67. The average Bonchev–Trinajstić information content (AvgIpc) is 3.09. The molecule has 0 atom stereocenters. The van der Waals surface area contributed by atoms with E-state index in [-0.39, 0.29) is 10.8 Å². The van der Waals surface area contributed by atoms with Crippen LogP contribution >= 0.6 is 34.4 Å². The van der Waals surface area contributed by atoms with Crippen molar-refractivity contribution in [2.45, 2.75) is 35.6 Å². The number of ether oxygens (including phenoxy) is 1. The minimum Gasteiger partial charge on any atom is -0.465 e. The number of urea groups is 1. The van der Waals surface area contributed by atoms with Crippen molar-refractivity contribution < 1.29 is 22.7 Å². The molecule has 0 aliphatic rings. The number of carbonyl (C=O) groups is 2. The molecule has 2 aromatic heterocycles. The number of carbonyl (C=O) groups excluding carboxylic acids is 2. The molecule has 0 spiro atoms. The summed E-state index contributed by atoms with van der Waals surface area (Å²) >= 11 is 3.81. The van der Waals surface area contributed by atoms with Gasteiger partial charge in [-0.15, -0.1) is 23.1 Å². The fourth-order valence-electron chi connectivity index (χ4n) is 2.08. The summed E-state index contributed by atoms with van der Waals surface area (Å²) < 4.78 is 32.7. The number of aromatic nitrogens is 1. The van der Waals surface area contributed by atoms with Crippen LogP contribution in [-0.4, -0.2) is 38.3 Å². The topological polar surface area (TPSA) is 114 Å². The van der Waals surface area contributed by atoms with Crippen molar-refractivity contribution in [1.82, 2.24) is 9.71 Å². The van der Waals surface area contributed by atoms with Crippen LogP contribution in [0.5, 0.6) is 0 Å². The van der Waals surface area contributed by atoms with Gasteiger partial charge in [-0.05, 0) is 31.7 Å². The monoisotopic (exact) mass is 449 g/mol. The largest absolute Gasteiger partial charge is 0.465 e. The van der Waals surface area contributed by atoms with E-state index in [0.717, 1.165) is 31.7 Å². The van der Waals surface area contributed by atoms with E-state index in [1.807, 2.05) is 17.9 Å². The van der Waals surface area contributed by atoms with Crippen molar-refractivity contribution in [3.05, 3.63) is 22.2 Å². The molecule has 2 heterocycles. The van der Waals surface area contributed by atoms with Gasteiger partial charge in [-0.1, -0.05) is 11.3 Å². The van der Waals surface area contributed by atoms with Crippen molar-refractivity contribution in [2.75, 3.05) is 18.2 Å². The zero-order valence-corrected chi connectivity index (χ0v) is 18.4. The Morgan fingerprint density at radius 3 is 2.59 bits per heavy atom. The number of aryl methyl sites for hydroxylation is 2. The second-order valence-corrected chi connectivity index (χ2v) is 10.5. The lowest BCUT2D eigenvalue weighted by molar-refractivity contribution is -0.140. The van der Waals surface area contributed by atoms with Crippen molar-refractivity contribution in [3.63, 3.8) is 0 Å². The van der Waals surface area contributed by atoms with Gasteiger partial charge in [0.05, 0.1) is 16.5 Å². The van der Waals surface area contributed by atoms with Crippen molar-refractivity contribution in [1.29, 1.82) is 0 Å². The number of hydrogen-bond acceptors (Lipinski definition) is 9. The van der Waals surface area contributed by atoms with Crippen LogP contribution in [0.2, 0.25) is 0 Å². The van der Waals surface area contributed by atoms with Gasteiger partial charge in [0.15, 0.2) is 5.13 Å². The molecule has 0 aliphatic carbocycles. The van der Waals surface area contributed by atoms with E-state index >= 15 is 0 Å². The zero-order valence-electron chi connectivity index (χ0n) is 15.1. The third-order valence-electron chi connectivity index (χ3n) is 3.28. The lowest BCUT2D eigenvalue weighted by Crippen LogP contribution is -2.33. The smallest absolute Gasteiger partial charge is 0.334 e. The Labute approximate surface area is 169 Å². The van der Waals surface area contributed by atoms with Gasteiger partial charge < -0.3 is 4.74 Å². The quantitative estimate of drug-likeness (QED) is 0.493. The molecule has 2 amide bonds. The molecule has 27 heavy (non-hydrogen) atoms. The Morgan fingerprint density at radius 1 is 1.30 bits per heavy atom. The van der Waals surface area contributed by atoms with E-state index in [1.165, 1.54) is 36.1 Å². The fourth-order valence-corrected chi connectivity index (χ4v) is 6.16. The number of hydrogen-bond donors (Lipinski definition) is 2. The summed E-state index contributed by atoms with van der Waals surface area (Å²) in [6.07, 6.45) is 2.31. The minimum atomic E-state index is -4.01. The van der Waals surface area contributed by atoms with Crippen LogP contribution in [0.4, 0.5) is 9.93 Å². The molecule has 0 fully saturated rings. The predicted octanol–water partition coefficient (Wildman–Crippen LogP) is 3.16. The van der Waals surface area contributed by atoms with Gasteiger partial charge in [-0.2, -0.15) is 0 Å². The molecule has 8 nitrogen and oxygen atoms in total. The number of thiazole rings is 1. The molecule has 2 N–H and O–H groups in total. The highest BCUT2D eigenvalue weighted by Crippen LogP contribution is 2.30. The summed E-state index contributed by atoms with van der Waals surface area (Å²) in [5.74, 6) is -0.391. The van der Waals surface area contributed by atoms with Gasteiger partial charge >= 0.3 is 12.0 Å². The van der Waals surface area contributed by atoms with Gasteiger partial charge in [0.1, 0.15) is 4.21 Å². The minimum absolute atomic E-state index is 0.0214. The maximum atomic E-state index is 12.4. The average molecular weight is 450 g/mol. The lowest BCUT2D eigenvalue weighted by atomic mass is 10.2. The van der Waals surface area contributed by atoms with E-state index in [1.54, 1.807) is 6.92 Å². The molecule has 0 unspecified atom stereocenters. The second kappa shape index (κ2) is 9.04. The van der Waals surface area contributed by atoms with Crippen molar-refractivity contribution in [2.24, 2.45) is 0 Å². The van der Waals surface area contributed by atoms with Gasteiger partial charge in [0, 0.05) is 18.2 Å². The SMILES string of the molecule is CSc1sc(NC(=O)NS(=O)(=O)c2cc(C)c(CCOC(C)=O)s2)nc1C. The number of thioether (sulfide) groups is 1. The van der Waals surface area contributed by atoms with Crippen LogP contribution in [0.25, 0.3) is 0 Å². The van der Waals surface area contributed by atoms with E-state index in [9.17, 15) is 18.0 Å². The highest BCUT2D eigenvalue weighted by Gasteiger charge is 2.22. The molecule has 0 saturated heterocycles. The molecule has 0 saturated carbocycles. The number of amides is 2. The summed E-state index contributed by atoms with van der Waals surface area (Å²) in [5.41, 5.74) is 1.53. The van der Waals surface area contributed by atoms with Gasteiger partial charge in [-0.3, -0.25) is 10.1 Å². The first-order chi connectivity index (χ1) is 12.6. The Balaban J connectivity index is 2.04. The highest BCUT2D eigenvalue weighted by atomic mass is 32.2. The van der Waals surface area contributed by atoms with Crippen LogP contribution in [0.3, 0.4) is 0 Å². The molecule has 148 valence electrons. The molecule has 0 bridgehead atoms. The Bertz CT molecular complexity index is 949. The zero-order chi connectivity index (χ0) is 20.2. The summed E-state index contributed by atoms with van der Waals surface area (Å²) in [4.78, 5) is 27.8. The van der Waals surface area contributed by atoms with Gasteiger partial charge in [0.25, 0.3) is 10.0 Å². The molecule has 0 aliphatic heterocycles. The van der Waals surface area contributed by atoms with Crippen LogP contribution in [0.1, 0.15) is 23.1 Å². The summed E-state index contributed by atoms with van der Waals surface area (Å²) in [7, 11) is -4.01. The van der Waals surface area contributed by atoms with Gasteiger partial charge in [0.2, 0.25) is 0 Å². The molecular formula is C15H19N3O5S4. The Kier molecular flexibility index (Phi) is 7.25. The third kappa shape index (κ3) is 5.92. The predicted molar refractivity (Wildman–Crippen MR) is 107 cm³/mol. The molecule has 0 aromatic carbocycles. The lowest BCUT2D eigenvalue weighted by Gasteiger charge is -2.05. The summed E-state index contributed by atoms with van der Waals surface area (Å²) in [6, 6.07) is 0.617. The maximum Gasteiger partial charge on any atom is 0.334 e. The molecule has 0 radical (unpaired) electrons. The number of sulfonamides is 1. The van der Waals surface area contributed by atoms with E-state index in [0.29, 0.717) is 11.6 Å². The van der Waals surface area contributed by atoms with Crippen LogP contribution in [-0.2, 0) is 26.0 Å². The number of rotatable bonds is 7. The molecule has 12 heteroatoms. The first kappa shape index (κ1) is 21.7. The first-order valence-corrected chi connectivity index (χ1v) is 12.0. The van der Waals surface area contributed by atoms with Crippen LogP contribution in [0.15, 0.2) is 14.5 Å². The van der Waals surface area contributed by atoms with E-state index < -0.39 is 22.0 Å². The fraction of sp³-hybridized carbons (Fsp3) is 0.400. The summed E-state index contributed by atoms with van der Waals surface area (Å²) in [6.45, 7) is 5.06. The van der Waals surface area contributed by atoms with Crippen molar-refractivity contribution in [3.8, 4) is 0 Å². The first-order valence-electron chi connectivity index (χ1n) is 7.70. The highest BCUT2D eigenvalue weighted by molar-refractivity contribution is 8.00. The Morgan fingerprint density at radius 2 is 2.00 bits per heavy atom. The van der Waals surface area contributed by atoms with Crippen LogP contribution < -0.4 is 10.0 Å². The Hall–Kier alpha value is -1.63. The maximum absolute atomic E-state index is 12.4.